The number of nitrogens with zero attached hydrogens (tertiary/aromatic N) is 3. The van der Waals surface area contributed by atoms with Crippen LogP contribution < -0.4 is 10.2 Å². The van der Waals surface area contributed by atoms with Gasteiger partial charge in [0.05, 0.1) is 29.6 Å². The van der Waals surface area contributed by atoms with E-state index in [0.717, 1.165) is 31.0 Å². The first-order valence-electron chi connectivity index (χ1n) is 8.09. The molecule has 0 aromatic carbocycles. The second-order valence-electron chi connectivity index (χ2n) is 6.26. The van der Waals surface area contributed by atoms with Crippen LogP contribution >= 0.6 is 0 Å². The Morgan fingerprint density at radius 3 is 2.68 bits per heavy atom. The number of anilines is 1. The Morgan fingerprint density at radius 2 is 1.95 bits per heavy atom. The predicted octanol–water partition coefficient (Wildman–Crippen LogP) is 0.644. The van der Waals surface area contributed by atoms with E-state index in [9.17, 15) is 8.42 Å². The zero-order valence-electron chi connectivity index (χ0n) is 12.9. The lowest BCUT2D eigenvalue weighted by molar-refractivity contribution is 0.464. The van der Waals surface area contributed by atoms with Gasteiger partial charge in [-0.1, -0.05) is 0 Å². The van der Waals surface area contributed by atoms with E-state index in [2.05, 4.69) is 15.3 Å². The third-order valence-corrected chi connectivity index (χ3v) is 6.16. The van der Waals surface area contributed by atoms with Crippen molar-refractivity contribution < 1.29 is 8.42 Å². The highest BCUT2D eigenvalue weighted by Crippen LogP contribution is 2.19. The third kappa shape index (κ3) is 4.16. The van der Waals surface area contributed by atoms with Crippen LogP contribution in [0.3, 0.4) is 0 Å². The lowest BCUT2D eigenvalue weighted by atomic mass is 9.95. The summed E-state index contributed by atoms with van der Waals surface area (Å²) in [7, 11) is -2.85. The van der Waals surface area contributed by atoms with E-state index < -0.39 is 9.84 Å². The highest BCUT2D eigenvalue weighted by Gasteiger charge is 2.22. The normalized spacial score (nSPS) is 25.6. The van der Waals surface area contributed by atoms with Crippen LogP contribution in [0.5, 0.6) is 0 Å². The van der Waals surface area contributed by atoms with Crippen molar-refractivity contribution in [2.45, 2.75) is 25.7 Å². The molecule has 1 atom stereocenters. The fourth-order valence-corrected chi connectivity index (χ4v) is 4.35. The summed E-state index contributed by atoms with van der Waals surface area (Å²) in [6.07, 6.45) is 8.33. The van der Waals surface area contributed by atoms with Gasteiger partial charge in [-0.3, -0.25) is 4.98 Å². The first kappa shape index (κ1) is 15.7. The lowest BCUT2D eigenvalue weighted by Crippen LogP contribution is -2.40. The largest absolute Gasteiger partial charge is 0.353 e. The summed E-state index contributed by atoms with van der Waals surface area (Å²) >= 11 is 0. The van der Waals surface area contributed by atoms with Gasteiger partial charge in [0.1, 0.15) is 5.82 Å². The van der Waals surface area contributed by atoms with Gasteiger partial charge in [-0.2, -0.15) is 0 Å². The molecular weight excluding hydrogens is 300 g/mol. The maximum atomic E-state index is 11.5. The van der Waals surface area contributed by atoms with E-state index in [1.54, 1.807) is 6.20 Å². The second-order valence-corrected chi connectivity index (χ2v) is 8.56. The van der Waals surface area contributed by atoms with E-state index >= 15 is 0 Å². The minimum atomic E-state index is -2.85. The summed E-state index contributed by atoms with van der Waals surface area (Å²) in [5, 5.41) is 3.43. The van der Waals surface area contributed by atoms with Gasteiger partial charge < -0.3 is 10.2 Å². The molecule has 1 aromatic rings. The Kier molecular flexibility index (Phi) is 4.93. The minimum absolute atomic E-state index is 0.214. The van der Waals surface area contributed by atoms with Gasteiger partial charge in [0.2, 0.25) is 0 Å². The Balaban J connectivity index is 1.58. The Bertz CT molecular complexity index is 566. The van der Waals surface area contributed by atoms with E-state index in [-0.39, 0.29) is 11.5 Å². The topological polar surface area (TPSA) is 75.2 Å². The monoisotopic (exact) mass is 324 g/mol. The van der Waals surface area contributed by atoms with Crippen LogP contribution in [0.15, 0.2) is 12.4 Å². The van der Waals surface area contributed by atoms with Crippen molar-refractivity contribution in [3.05, 3.63) is 18.1 Å². The molecule has 0 radical (unpaired) electrons. The molecule has 0 amide bonds. The van der Waals surface area contributed by atoms with Crippen LogP contribution in [0.25, 0.3) is 0 Å². The van der Waals surface area contributed by atoms with Gasteiger partial charge >= 0.3 is 0 Å². The molecule has 0 spiro atoms. The van der Waals surface area contributed by atoms with Gasteiger partial charge in [0, 0.05) is 13.1 Å². The molecule has 0 saturated carbocycles. The summed E-state index contributed by atoms with van der Waals surface area (Å²) in [5.74, 6) is 1.91. The molecule has 1 aromatic heterocycles. The van der Waals surface area contributed by atoms with Gasteiger partial charge in [-0.05, 0) is 44.7 Å². The van der Waals surface area contributed by atoms with Crippen molar-refractivity contribution in [3.63, 3.8) is 0 Å². The predicted molar refractivity (Wildman–Crippen MR) is 86.8 cm³/mol. The molecule has 122 valence electrons. The molecule has 22 heavy (non-hydrogen) atoms. The van der Waals surface area contributed by atoms with Crippen LogP contribution in [0.2, 0.25) is 0 Å². The average molecular weight is 324 g/mol. The minimum Gasteiger partial charge on any atom is -0.353 e. The van der Waals surface area contributed by atoms with Crippen LogP contribution in [-0.4, -0.2) is 56.1 Å². The first-order chi connectivity index (χ1) is 10.6. The highest BCUT2D eigenvalue weighted by atomic mass is 32.2. The summed E-state index contributed by atoms with van der Waals surface area (Å²) < 4.78 is 22.9. The van der Waals surface area contributed by atoms with E-state index in [4.69, 9.17) is 0 Å². The number of rotatable bonds is 3. The molecule has 2 aliphatic rings. The molecular formula is C15H24N4O2S. The fourth-order valence-electron chi connectivity index (χ4n) is 3.15. The van der Waals surface area contributed by atoms with Gasteiger partial charge in [0.25, 0.3) is 0 Å². The molecule has 0 bridgehead atoms. The van der Waals surface area contributed by atoms with Gasteiger partial charge in [-0.25, -0.2) is 13.4 Å². The smallest absolute Gasteiger partial charge is 0.153 e. The van der Waals surface area contributed by atoms with E-state index in [1.165, 1.54) is 19.3 Å². The Morgan fingerprint density at radius 1 is 1.14 bits per heavy atom. The molecule has 7 heteroatoms. The van der Waals surface area contributed by atoms with Crippen LogP contribution in [-0.2, 0) is 16.3 Å². The number of sulfone groups is 1. The summed E-state index contributed by atoms with van der Waals surface area (Å²) in [6, 6.07) is 0. The molecule has 6 nitrogen and oxygen atoms in total. The number of hydrogen-bond donors (Lipinski definition) is 1. The van der Waals surface area contributed by atoms with Gasteiger partial charge in [0.15, 0.2) is 9.84 Å². The number of hydrogen-bond acceptors (Lipinski definition) is 6. The lowest BCUT2D eigenvalue weighted by Gasteiger charge is -2.27. The first-order valence-corrected chi connectivity index (χ1v) is 9.91. The number of nitrogens with one attached hydrogen (secondary N) is 1. The summed E-state index contributed by atoms with van der Waals surface area (Å²) in [6.45, 7) is 3.26. The van der Waals surface area contributed by atoms with Crippen LogP contribution in [0, 0.1) is 5.92 Å². The van der Waals surface area contributed by atoms with Crippen molar-refractivity contribution >= 4 is 15.7 Å². The standard InChI is InChI=1S/C15H24N4O2S/c20-22(21)8-6-19(7-9-22)15-12-17-14(11-18-15)10-13-2-1-4-16-5-3-13/h11-13,16H,1-10H2. The second kappa shape index (κ2) is 6.91. The molecule has 0 aliphatic carbocycles. The maximum absolute atomic E-state index is 11.5. The SMILES string of the molecule is O=S1(=O)CCN(c2cnc(CC3CCCNCC3)cn2)CC1. The van der Waals surface area contributed by atoms with E-state index in [0.29, 0.717) is 19.0 Å². The quantitative estimate of drug-likeness (QED) is 0.880. The van der Waals surface area contributed by atoms with Crippen LogP contribution in [0.1, 0.15) is 25.0 Å². The maximum Gasteiger partial charge on any atom is 0.153 e. The molecule has 2 fully saturated rings. The molecule has 2 aliphatic heterocycles. The van der Waals surface area contributed by atoms with Crippen LogP contribution in [0.4, 0.5) is 5.82 Å². The van der Waals surface area contributed by atoms with E-state index in [1.807, 2.05) is 11.1 Å². The zero-order valence-corrected chi connectivity index (χ0v) is 13.7. The summed E-state index contributed by atoms with van der Waals surface area (Å²) in [4.78, 5) is 11.0. The molecule has 1 N–H and O–H groups in total. The van der Waals surface area contributed by atoms with Crippen molar-refractivity contribution in [2.75, 3.05) is 42.6 Å². The van der Waals surface area contributed by atoms with Crippen molar-refractivity contribution in [3.8, 4) is 0 Å². The average Bonchev–Trinajstić information content (AvgIpc) is 2.77. The van der Waals surface area contributed by atoms with Gasteiger partial charge in [-0.15, -0.1) is 0 Å². The summed E-state index contributed by atoms with van der Waals surface area (Å²) in [5.41, 5.74) is 1.04. The van der Waals surface area contributed by atoms with Crippen molar-refractivity contribution in [2.24, 2.45) is 5.92 Å². The molecule has 3 heterocycles. The highest BCUT2D eigenvalue weighted by molar-refractivity contribution is 7.91. The Labute approximate surface area is 132 Å². The van der Waals surface area contributed by atoms with Crippen molar-refractivity contribution in [1.29, 1.82) is 0 Å². The van der Waals surface area contributed by atoms with Crippen molar-refractivity contribution in [1.82, 2.24) is 15.3 Å². The molecule has 1 unspecified atom stereocenters. The molecule has 2 saturated heterocycles. The number of aromatic nitrogens is 2. The Hall–Kier alpha value is -1.21. The zero-order chi connectivity index (χ0) is 15.4. The molecule has 3 rings (SSSR count). The third-order valence-electron chi connectivity index (χ3n) is 4.55. The fraction of sp³-hybridized carbons (Fsp3) is 0.733.